The number of aryl methyl sites for hydroxylation is 1. The van der Waals surface area contributed by atoms with Gasteiger partial charge in [0.05, 0.1) is 22.3 Å². The number of hydrogen-bond donors (Lipinski definition) is 0. The molecule has 0 saturated carbocycles. The van der Waals surface area contributed by atoms with Gasteiger partial charge in [0.15, 0.2) is 0 Å². The molecule has 4 aromatic rings. The minimum absolute atomic E-state index is 0.112. The van der Waals surface area contributed by atoms with Gasteiger partial charge in [0.2, 0.25) is 5.13 Å². The molecule has 3 heterocycles. The number of rotatable bonds is 4. The van der Waals surface area contributed by atoms with E-state index in [4.69, 9.17) is 21.7 Å². The summed E-state index contributed by atoms with van der Waals surface area (Å²) in [5, 5.41) is 12.9. The van der Waals surface area contributed by atoms with Gasteiger partial charge in [-0.15, -0.1) is 22.7 Å². The molecule has 0 radical (unpaired) electrons. The summed E-state index contributed by atoms with van der Waals surface area (Å²) < 4.78 is 0. The highest BCUT2D eigenvalue weighted by atomic mass is 35.5. The zero-order chi connectivity index (χ0) is 19.8. The van der Waals surface area contributed by atoms with Crippen LogP contribution in [0.15, 0.2) is 76.5 Å². The summed E-state index contributed by atoms with van der Waals surface area (Å²) >= 11 is 9.47. The van der Waals surface area contributed by atoms with Crippen molar-refractivity contribution in [2.75, 3.05) is 5.01 Å². The molecule has 144 valence electrons. The Kier molecular flexibility index (Phi) is 4.96. The van der Waals surface area contributed by atoms with Crippen LogP contribution < -0.4 is 5.01 Å². The Morgan fingerprint density at radius 1 is 1.00 bits per heavy atom. The summed E-state index contributed by atoms with van der Waals surface area (Å²) in [6.45, 7) is 2.10. The van der Waals surface area contributed by atoms with Gasteiger partial charge in [0.25, 0.3) is 0 Å². The number of thiophene rings is 1. The molecule has 3 nitrogen and oxygen atoms in total. The lowest BCUT2D eigenvalue weighted by molar-refractivity contribution is 0.706. The highest BCUT2D eigenvalue weighted by molar-refractivity contribution is 7.14. The van der Waals surface area contributed by atoms with E-state index in [2.05, 4.69) is 71.2 Å². The molecule has 0 aliphatic carbocycles. The Hall–Kier alpha value is -2.47. The molecular formula is C23H18ClN3S2. The third-order valence-electron chi connectivity index (χ3n) is 5.01. The summed E-state index contributed by atoms with van der Waals surface area (Å²) in [5.74, 6) is 0. The first-order valence-corrected chi connectivity index (χ1v) is 11.5. The Morgan fingerprint density at radius 3 is 2.52 bits per heavy atom. The Bertz CT molecular complexity index is 1150. The number of halogens is 1. The second kappa shape index (κ2) is 7.75. The zero-order valence-corrected chi connectivity index (χ0v) is 18.1. The third kappa shape index (κ3) is 3.73. The second-order valence-corrected chi connectivity index (χ2v) is 9.24. The molecule has 1 aliphatic heterocycles. The van der Waals surface area contributed by atoms with Crippen LogP contribution in [0.4, 0.5) is 5.13 Å². The van der Waals surface area contributed by atoms with E-state index in [0.717, 1.165) is 33.5 Å². The maximum atomic E-state index is 6.11. The van der Waals surface area contributed by atoms with Crippen LogP contribution in [-0.2, 0) is 0 Å². The molecule has 2 aromatic heterocycles. The van der Waals surface area contributed by atoms with Crippen LogP contribution in [0.25, 0.3) is 11.3 Å². The number of nitrogens with zero attached hydrogens (tertiary/aromatic N) is 3. The van der Waals surface area contributed by atoms with Gasteiger partial charge in [-0.05, 0) is 36.1 Å². The van der Waals surface area contributed by atoms with Crippen molar-refractivity contribution in [3.63, 3.8) is 0 Å². The summed E-state index contributed by atoms with van der Waals surface area (Å²) in [6, 6.07) is 20.8. The second-order valence-electron chi connectivity index (χ2n) is 7.02. The predicted octanol–water partition coefficient (Wildman–Crippen LogP) is 7.19. The normalized spacial score (nSPS) is 16.3. The summed E-state index contributed by atoms with van der Waals surface area (Å²) in [4.78, 5) is 6.13. The fourth-order valence-electron chi connectivity index (χ4n) is 3.45. The molecule has 0 amide bonds. The van der Waals surface area contributed by atoms with Crippen molar-refractivity contribution in [1.82, 2.24) is 4.98 Å². The fraction of sp³-hybridized carbons (Fsp3) is 0.130. The lowest BCUT2D eigenvalue weighted by atomic mass is 10.0. The first-order chi connectivity index (χ1) is 14.2. The molecule has 29 heavy (non-hydrogen) atoms. The number of thiazole rings is 1. The van der Waals surface area contributed by atoms with E-state index in [9.17, 15) is 0 Å². The first kappa shape index (κ1) is 18.6. The van der Waals surface area contributed by atoms with Gasteiger partial charge in [-0.2, -0.15) is 5.10 Å². The van der Waals surface area contributed by atoms with Gasteiger partial charge in [-0.3, -0.25) is 0 Å². The van der Waals surface area contributed by atoms with Crippen molar-refractivity contribution in [3.05, 3.63) is 92.5 Å². The molecule has 6 heteroatoms. The van der Waals surface area contributed by atoms with Gasteiger partial charge < -0.3 is 0 Å². The maximum Gasteiger partial charge on any atom is 0.207 e. The lowest BCUT2D eigenvalue weighted by Gasteiger charge is -2.21. The number of anilines is 1. The molecule has 0 spiro atoms. The minimum atomic E-state index is 0.112. The highest BCUT2D eigenvalue weighted by Gasteiger charge is 2.32. The van der Waals surface area contributed by atoms with Gasteiger partial charge >= 0.3 is 0 Å². The van der Waals surface area contributed by atoms with Crippen molar-refractivity contribution in [2.45, 2.75) is 19.4 Å². The highest BCUT2D eigenvalue weighted by Crippen LogP contribution is 2.40. The standard InChI is InChI=1S/C23H18ClN3S2/c1-15-4-6-16(7-5-15)20-14-29-23(25-20)27-21(17-8-10-18(24)11-9-17)13-19(26-27)22-3-2-12-28-22/h2-12,14,21H,13H2,1H3. The first-order valence-electron chi connectivity index (χ1n) is 9.36. The van der Waals surface area contributed by atoms with E-state index in [1.807, 2.05) is 12.1 Å². The molecule has 0 saturated heterocycles. The topological polar surface area (TPSA) is 28.5 Å². The Balaban J connectivity index is 1.52. The predicted molar refractivity (Wildman–Crippen MR) is 124 cm³/mol. The van der Waals surface area contributed by atoms with Crippen LogP contribution in [0.3, 0.4) is 0 Å². The average Bonchev–Trinajstić information content (AvgIpc) is 3.48. The van der Waals surface area contributed by atoms with Crippen LogP contribution >= 0.6 is 34.3 Å². The third-order valence-corrected chi connectivity index (χ3v) is 7.01. The van der Waals surface area contributed by atoms with Crippen LogP contribution in [0.5, 0.6) is 0 Å². The van der Waals surface area contributed by atoms with Gasteiger partial charge in [0.1, 0.15) is 0 Å². The smallest absolute Gasteiger partial charge is 0.207 e. The van der Waals surface area contributed by atoms with Gasteiger partial charge in [0, 0.05) is 22.4 Å². The molecule has 1 aliphatic rings. The molecule has 0 bridgehead atoms. The monoisotopic (exact) mass is 435 g/mol. The quantitative estimate of drug-likeness (QED) is 0.339. The van der Waals surface area contributed by atoms with E-state index in [1.165, 1.54) is 16.0 Å². The fourth-order valence-corrected chi connectivity index (χ4v) is 5.13. The van der Waals surface area contributed by atoms with E-state index < -0.39 is 0 Å². The molecular weight excluding hydrogens is 418 g/mol. The van der Waals surface area contributed by atoms with Crippen LogP contribution in [0, 0.1) is 6.92 Å². The summed E-state index contributed by atoms with van der Waals surface area (Å²) in [7, 11) is 0. The average molecular weight is 436 g/mol. The lowest BCUT2D eigenvalue weighted by Crippen LogP contribution is -2.18. The number of aromatic nitrogens is 1. The van der Waals surface area contributed by atoms with E-state index in [-0.39, 0.29) is 6.04 Å². The number of benzene rings is 2. The summed E-state index contributed by atoms with van der Waals surface area (Å²) in [6.07, 6.45) is 0.849. The van der Waals surface area contributed by atoms with E-state index in [1.54, 1.807) is 22.7 Å². The van der Waals surface area contributed by atoms with Crippen LogP contribution in [-0.4, -0.2) is 10.7 Å². The molecule has 2 aromatic carbocycles. The van der Waals surface area contributed by atoms with Crippen molar-refractivity contribution in [1.29, 1.82) is 0 Å². The molecule has 0 fully saturated rings. The van der Waals surface area contributed by atoms with Crippen molar-refractivity contribution >= 4 is 45.1 Å². The summed E-state index contributed by atoms with van der Waals surface area (Å²) in [5.41, 5.74) is 5.66. The van der Waals surface area contributed by atoms with Gasteiger partial charge in [-0.25, -0.2) is 9.99 Å². The zero-order valence-electron chi connectivity index (χ0n) is 15.7. The Labute approximate surface area is 182 Å². The van der Waals surface area contributed by atoms with E-state index >= 15 is 0 Å². The van der Waals surface area contributed by atoms with Gasteiger partial charge in [-0.1, -0.05) is 59.6 Å². The largest absolute Gasteiger partial charge is 0.231 e. The minimum Gasteiger partial charge on any atom is -0.231 e. The Morgan fingerprint density at radius 2 is 1.79 bits per heavy atom. The number of hydrogen-bond acceptors (Lipinski definition) is 5. The van der Waals surface area contributed by atoms with Crippen molar-refractivity contribution < 1.29 is 0 Å². The van der Waals surface area contributed by atoms with Crippen molar-refractivity contribution in [3.8, 4) is 11.3 Å². The van der Waals surface area contributed by atoms with Crippen molar-refractivity contribution in [2.24, 2.45) is 5.10 Å². The molecule has 5 rings (SSSR count). The molecule has 0 N–H and O–H groups in total. The van der Waals surface area contributed by atoms with E-state index in [0.29, 0.717) is 0 Å². The molecule has 1 atom stereocenters. The molecule has 1 unspecified atom stereocenters. The number of hydrazone groups is 1. The SMILES string of the molecule is Cc1ccc(-c2csc(N3N=C(c4cccs4)CC3c3ccc(Cl)cc3)n2)cc1. The van der Waals surface area contributed by atoms with Crippen LogP contribution in [0.2, 0.25) is 5.02 Å². The van der Waals surface area contributed by atoms with Crippen LogP contribution in [0.1, 0.15) is 28.5 Å². The maximum absolute atomic E-state index is 6.11.